The zero-order chi connectivity index (χ0) is 19.4. The Morgan fingerprint density at radius 1 is 1.15 bits per heavy atom. The van der Waals surface area contributed by atoms with Crippen molar-refractivity contribution >= 4 is 27.6 Å². The van der Waals surface area contributed by atoms with Gasteiger partial charge in [0.05, 0.1) is 12.0 Å². The van der Waals surface area contributed by atoms with Crippen molar-refractivity contribution in [3.63, 3.8) is 0 Å². The number of methoxy groups -OCH3 is 1. The molecule has 0 amide bonds. The average Bonchev–Trinajstić information content (AvgIpc) is 3.00. The zero-order valence-corrected chi connectivity index (χ0v) is 15.8. The molecule has 0 aliphatic heterocycles. The molecule has 2 aromatic rings. The first-order valence-corrected chi connectivity index (χ1v) is 10.2. The monoisotopic (exact) mass is 386 g/mol. The highest BCUT2D eigenvalue weighted by Gasteiger charge is 2.28. The van der Waals surface area contributed by atoms with E-state index >= 15 is 0 Å². The molecule has 0 saturated heterocycles. The molecule has 0 bridgehead atoms. The fourth-order valence-electron chi connectivity index (χ4n) is 3.09. The standard InChI is InChI=1S/C20H22N2O4S/c1-26-18-8-2-14(3-9-18)12-15-4-5-16(20(15)23)13-22-17-6-10-19(11-7-17)27(21,24)25/h2-3,6-12,16,22H,4-5,13H2,1H3,(H2,21,24,25)/b15-12+. The molecule has 0 radical (unpaired) electrons. The van der Waals surface area contributed by atoms with Gasteiger partial charge in [-0.1, -0.05) is 12.1 Å². The number of rotatable bonds is 6. The van der Waals surface area contributed by atoms with Crippen molar-refractivity contribution in [2.45, 2.75) is 17.7 Å². The van der Waals surface area contributed by atoms with Crippen LogP contribution in [0.4, 0.5) is 5.69 Å². The SMILES string of the molecule is COc1ccc(/C=C2\CCC(CNc3ccc(S(N)(=O)=O)cc3)C2=O)cc1. The van der Waals surface area contributed by atoms with Crippen LogP contribution in [-0.2, 0) is 14.8 Å². The molecule has 1 aliphatic carbocycles. The first kappa shape index (κ1) is 19.1. The van der Waals surface area contributed by atoms with Gasteiger partial charge in [-0.2, -0.15) is 0 Å². The lowest BCUT2D eigenvalue weighted by molar-refractivity contribution is -0.117. The van der Waals surface area contributed by atoms with Crippen LogP contribution in [0.3, 0.4) is 0 Å². The molecule has 27 heavy (non-hydrogen) atoms. The zero-order valence-electron chi connectivity index (χ0n) is 15.0. The number of benzene rings is 2. The fraction of sp³-hybridized carbons (Fsp3) is 0.250. The van der Waals surface area contributed by atoms with Gasteiger partial charge in [-0.15, -0.1) is 0 Å². The molecule has 0 aromatic heterocycles. The maximum Gasteiger partial charge on any atom is 0.238 e. The minimum Gasteiger partial charge on any atom is -0.497 e. The number of hydrogen-bond donors (Lipinski definition) is 2. The summed E-state index contributed by atoms with van der Waals surface area (Å²) < 4.78 is 27.7. The second kappa shape index (κ2) is 7.94. The Hall–Kier alpha value is -2.64. The molecule has 3 rings (SSSR count). The van der Waals surface area contributed by atoms with Gasteiger partial charge in [-0.3, -0.25) is 4.79 Å². The molecule has 0 heterocycles. The number of nitrogens with one attached hydrogen (secondary N) is 1. The molecule has 1 saturated carbocycles. The number of anilines is 1. The summed E-state index contributed by atoms with van der Waals surface area (Å²) >= 11 is 0. The number of primary sulfonamides is 1. The molecule has 1 fully saturated rings. The Morgan fingerprint density at radius 3 is 2.41 bits per heavy atom. The summed E-state index contributed by atoms with van der Waals surface area (Å²) in [5, 5.41) is 8.28. The highest BCUT2D eigenvalue weighted by Crippen LogP contribution is 2.29. The first-order valence-electron chi connectivity index (χ1n) is 8.62. The summed E-state index contributed by atoms with van der Waals surface area (Å²) in [6.45, 7) is 0.507. The minimum atomic E-state index is -3.70. The Balaban J connectivity index is 1.60. The second-order valence-corrected chi connectivity index (χ2v) is 8.05. The smallest absolute Gasteiger partial charge is 0.238 e. The summed E-state index contributed by atoms with van der Waals surface area (Å²) in [7, 11) is -2.08. The second-order valence-electron chi connectivity index (χ2n) is 6.49. The summed E-state index contributed by atoms with van der Waals surface area (Å²) in [5.74, 6) is 0.845. The molecular weight excluding hydrogens is 364 g/mol. The van der Waals surface area contributed by atoms with E-state index in [0.29, 0.717) is 6.54 Å². The number of ketones is 1. The lowest BCUT2D eigenvalue weighted by atomic mass is 10.0. The third-order valence-corrected chi connectivity index (χ3v) is 5.57. The van der Waals surface area contributed by atoms with Crippen molar-refractivity contribution in [1.82, 2.24) is 0 Å². The van der Waals surface area contributed by atoms with E-state index in [9.17, 15) is 13.2 Å². The molecule has 2 aromatic carbocycles. The third kappa shape index (κ3) is 4.75. The van der Waals surface area contributed by atoms with Gasteiger partial charge < -0.3 is 10.1 Å². The Morgan fingerprint density at radius 2 is 1.81 bits per heavy atom. The minimum absolute atomic E-state index is 0.0645. The third-order valence-electron chi connectivity index (χ3n) is 4.64. The molecule has 1 unspecified atom stereocenters. The van der Waals surface area contributed by atoms with E-state index in [1.54, 1.807) is 19.2 Å². The van der Waals surface area contributed by atoms with Gasteiger partial charge in [0.1, 0.15) is 5.75 Å². The molecule has 6 nitrogen and oxygen atoms in total. The van der Waals surface area contributed by atoms with Crippen LogP contribution in [0.1, 0.15) is 18.4 Å². The van der Waals surface area contributed by atoms with Crippen LogP contribution >= 0.6 is 0 Å². The summed E-state index contributed by atoms with van der Waals surface area (Å²) in [4.78, 5) is 12.7. The molecule has 1 atom stereocenters. The molecule has 1 aliphatic rings. The normalized spacial score (nSPS) is 18.7. The van der Waals surface area contributed by atoms with E-state index < -0.39 is 10.0 Å². The number of carbonyl (C=O) groups is 1. The lowest BCUT2D eigenvalue weighted by Gasteiger charge is -2.11. The number of carbonyl (C=O) groups excluding carboxylic acids is 1. The van der Waals surface area contributed by atoms with Crippen molar-refractivity contribution in [3.05, 3.63) is 59.7 Å². The van der Waals surface area contributed by atoms with Crippen molar-refractivity contribution in [3.8, 4) is 5.75 Å². The summed E-state index contributed by atoms with van der Waals surface area (Å²) in [6.07, 6.45) is 3.48. The summed E-state index contributed by atoms with van der Waals surface area (Å²) in [5.41, 5.74) is 2.56. The van der Waals surface area contributed by atoms with E-state index in [0.717, 1.165) is 35.4 Å². The highest BCUT2D eigenvalue weighted by atomic mass is 32.2. The van der Waals surface area contributed by atoms with Gasteiger partial charge in [-0.05, 0) is 66.5 Å². The van der Waals surface area contributed by atoms with Gasteiger partial charge in [0.25, 0.3) is 0 Å². The van der Waals surface area contributed by atoms with Crippen LogP contribution < -0.4 is 15.2 Å². The topological polar surface area (TPSA) is 98.5 Å². The van der Waals surface area contributed by atoms with Crippen LogP contribution in [0.15, 0.2) is 59.0 Å². The molecule has 142 valence electrons. The predicted octanol–water partition coefficient (Wildman–Crippen LogP) is 2.82. The Kier molecular flexibility index (Phi) is 5.62. The maximum atomic E-state index is 12.6. The Labute approximate surface area is 159 Å². The number of allylic oxidation sites excluding steroid dienone is 1. The fourth-order valence-corrected chi connectivity index (χ4v) is 3.60. The van der Waals surface area contributed by atoms with Gasteiger partial charge in [0.2, 0.25) is 10.0 Å². The molecule has 0 spiro atoms. The van der Waals surface area contributed by atoms with Gasteiger partial charge in [0, 0.05) is 18.2 Å². The van der Waals surface area contributed by atoms with Crippen molar-refractivity contribution < 1.29 is 17.9 Å². The van der Waals surface area contributed by atoms with Gasteiger partial charge >= 0.3 is 0 Å². The van der Waals surface area contributed by atoms with E-state index in [1.807, 2.05) is 30.3 Å². The van der Waals surface area contributed by atoms with E-state index in [1.165, 1.54) is 12.1 Å². The van der Waals surface area contributed by atoms with Crippen LogP contribution in [0, 0.1) is 5.92 Å². The van der Waals surface area contributed by atoms with Crippen LogP contribution in [-0.4, -0.2) is 27.9 Å². The average molecular weight is 386 g/mol. The number of nitrogens with two attached hydrogens (primary N) is 1. The van der Waals surface area contributed by atoms with E-state index in [2.05, 4.69) is 5.32 Å². The number of hydrogen-bond acceptors (Lipinski definition) is 5. The van der Waals surface area contributed by atoms with Crippen LogP contribution in [0.25, 0.3) is 6.08 Å². The van der Waals surface area contributed by atoms with E-state index in [4.69, 9.17) is 9.88 Å². The van der Waals surface area contributed by atoms with E-state index in [-0.39, 0.29) is 16.6 Å². The van der Waals surface area contributed by atoms with Gasteiger partial charge in [-0.25, -0.2) is 13.6 Å². The first-order chi connectivity index (χ1) is 12.9. The van der Waals surface area contributed by atoms with Crippen molar-refractivity contribution in [2.24, 2.45) is 11.1 Å². The predicted molar refractivity (Wildman–Crippen MR) is 105 cm³/mol. The molecule has 3 N–H and O–H groups in total. The highest BCUT2D eigenvalue weighted by molar-refractivity contribution is 7.89. The van der Waals surface area contributed by atoms with Crippen LogP contribution in [0.2, 0.25) is 0 Å². The number of ether oxygens (including phenoxy) is 1. The number of Topliss-reactive ketones (excluding diaryl/α,β-unsaturated/α-hetero) is 1. The lowest BCUT2D eigenvalue weighted by Crippen LogP contribution is -2.18. The summed E-state index contributed by atoms with van der Waals surface area (Å²) in [6, 6.07) is 13.8. The Bertz CT molecular complexity index is 948. The van der Waals surface area contributed by atoms with Gasteiger partial charge in [0.15, 0.2) is 5.78 Å². The molecule has 7 heteroatoms. The van der Waals surface area contributed by atoms with Crippen molar-refractivity contribution in [2.75, 3.05) is 19.0 Å². The molecular formula is C20H22N2O4S. The van der Waals surface area contributed by atoms with Crippen molar-refractivity contribution in [1.29, 1.82) is 0 Å². The maximum absolute atomic E-state index is 12.6. The largest absolute Gasteiger partial charge is 0.497 e. The van der Waals surface area contributed by atoms with Crippen LogP contribution in [0.5, 0.6) is 5.75 Å². The number of sulfonamides is 1. The quantitative estimate of drug-likeness (QED) is 0.744.